The lowest BCUT2D eigenvalue weighted by Gasteiger charge is -2.20. The number of hydrogen-bond donors (Lipinski definition) is 1. The van der Waals surface area contributed by atoms with Gasteiger partial charge in [-0.2, -0.15) is 0 Å². The first-order valence-electron chi connectivity index (χ1n) is 7.97. The van der Waals surface area contributed by atoms with Crippen LogP contribution in [0, 0.1) is 13.8 Å². The molecule has 0 radical (unpaired) electrons. The predicted octanol–water partition coefficient (Wildman–Crippen LogP) is 4.22. The van der Waals surface area contributed by atoms with Crippen LogP contribution in [-0.2, 0) is 0 Å². The maximum Gasteiger partial charge on any atom is 0.252 e. The molecule has 1 heterocycles. The summed E-state index contributed by atoms with van der Waals surface area (Å²) in [6.45, 7) is 4.03. The van der Waals surface area contributed by atoms with Gasteiger partial charge in [0, 0.05) is 18.0 Å². The maximum absolute atomic E-state index is 12.7. The summed E-state index contributed by atoms with van der Waals surface area (Å²) in [4.78, 5) is 16.9. The van der Waals surface area contributed by atoms with E-state index in [1.54, 1.807) is 12.4 Å². The monoisotopic (exact) mass is 316 g/mol. The fourth-order valence-electron chi connectivity index (χ4n) is 2.67. The van der Waals surface area contributed by atoms with Crippen molar-refractivity contribution in [1.82, 2.24) is 10.3 Å². The molecule has 3 nitrogen and oxygen atoms in total. The first-order chi connectivity index (χ1) is 11.6. The Labute approximate surface area is 142 Å². The summed E-state index contributed by atoms with van der Waals surface area (Å²) in [6, 6.07) is 19.4. The van der Waals surface area contributed by atoms with Crippen molar-refractivity contribution in [1.29, 1.82) is 0 Å². The van der Waals surface area contributed by atoms with Crippen LogP contribution in [0.4, 0.5) is 0 Å². The molecule has 1 unspecified atom stereocenters. The highest BCUT2D eigenvalue weighted by Gasteiger charge is 2.18. The molecule has 1 amide bonds. The molecule has 0 aliphatic carbocycles. The number of hydrogen-bond acceptors (Lipinski definition) is 2. The number of pyridine rings is 1. The topological polar surface area (TPSA) is 42.0 Å². The summed E-state index contributed by atoms with van der Waals surface area (Å²) in [5.74, 6) is -0.0897. The highest BCUT2D eigenvalue weighted by atomic mass is 16.1. The van der Waals surface area contributed by atoms with E-state index in [9.17, 15) is 4.79 Å². The molecule has 0 saturated heterocycles. The van der Waals surface area contributed by atoms with Crippen molar-refractivity contribution < 1.29 is 4.79 Å². The van der Waals surface area contributed by atoms with Crippen molar-refractivity contribution in [3.63, 3.8) is 0 Å². The molecular formula is C21H20N2O. The Morgan fingerprint density at radius 1 is 0.917 bits per heavy atom. The van der Waals surface area contributed by atoms with Crippen molar-refractivity contribution >= 4 is 5.91 Å². The molecule has 3 rings (SSSR count). The summed E-state index contributed by atoms with van der Waals surface area (Å²) >= 11 is 0. The molecule has 0 fully saturated rings. The highest BCUT2D eigenvalue weighted by Crippen LogP contribution is 2.22. The number of benzene rings is 2. The van der Waals surface area contributed by atoms with Crippen LogP contribution in [0.15, 0.2) is 73.1 Å². The van der Waals surface area contributed by atoms with Gasteiger partial charge in [-0.15, -0.1) is 0 Å². The summed E-state index contributed by atoms with van der Waals surface area (Å²) in [5, 5.41) is 3.13. The van der Waals surface area contributed by atoms with Crippen molar-refractivity contribution in [3.05, 3.63) is 101 Å². The average molecular weight is 316 g/mol. The number of nitrogens with zero attached hydrogens (tertiary/aromatic N) is 1. The number of carbonyl (C=O) groups is 1. The number of aryl methyl sites for hydroxylation is 2. The summed E-state index contributed by atoms with van der Waals surface area (Å²) in [6.07, 6.45) is 3.53. The van der Waals surface area contributed by atoms with Gasteiger partial charge >= 0.3 is 0 Å². The van der Waals surface area contributed by atoms with Crippen molar-refractivity contribution in [2.75, 3.05) is 0 Å². The average Bonchev–Trinajstić information content (AvgIpc) is 2.61. The minimum atomic E-state index is -0.229. The molecule has 0 saturated carbocycles. The Kier molecular flexibility index (Phi) is 4.71. The number of carbonyl (C=O) groups excluding carboxylic acids is 1. The molecule has 0 aliphatic heterocycles. The van der Waals surface area contributed by atoms with Gasteiger partial charge in [-0.25, -0.2) is 0 Å². The Hall–Kier alpha value is -2.94. The lowest BCUT2D eigenvalue weighted by Crippen LogP contribution is -2.29. The molecule has 0 bridgehead atoms. The molecule has 0 aliphatic rings. The summed E-state index contributed by atoms with van der Waals surface area (Å²) < 4.78 is 0. The van der Waals surface area contributed by atoms with E-state index in [2.05, 4.69) is 22.4 Å². The summed E-state index contributed by atoms with van der Waals surface area (Å²) in [5.41, 5.74) is 4.91. The van der Waals surface area contributed by atoms with E-state index in [0.717, 1.165) is 16.7 Å². The van der Waals surface area contributed by atoms with Gasteiger partial charge in [0.1, 0.15) is 0 Å². The third-order valence-corrected chi connectivity index (χ3v) is 3.98. The predicted molar refractivity (Wildman–Crippen MR) is 95.9 cm³/mol. The van der Waals surface area contributed by atoms with Crippen LogP contribution in [0.1, 0.15) is 38.7 Å². The van der Waals surface area contributed by atoms with Crippen LogP contribution in [0.2, 0.25) is 0 Å². The van der Waals surface area contributed by atoms with E-state index >= 15 is 0 Å². The SMILES string of the molecule is Cc1ccc(C(NC(=O)c2cccc(C)c2)c2cccnc2)cc1. The fraction of sp³-hybridized carbons (Fsp3) is 0.143. The van der Waals surface area contributed by atoms with Gasteiger partial charge in [-0.1, -0.05) is 53.6 Å². The smallest absolute Gasteiger partial charge is 0.252 e. The van der Waals surface area contributed by atoms with Crippen LogP contribution in [0.5, 0.6) is 0 Å². The molecule has 2 aromatic carbocycles. The van der Waals surface area contributed by atoms with E-state index in [1.807, 2.05) is 62.4 Å². The number of nitrogens with one attached hydrogen (secondary N) is 1. The van der Waals surface area contributed by atoms with E-state index in [-0.39, 0.29) is 11.9 Å². The van der Waals surface area contributed by atoms with Gasteiger partial charge in [0.2, 0.25) is 0 Å². The molecule has 0 spiro atoms. The Morgan fingerprint density at radius 2 is 1.71 bits per heavy atom. The molecule has 3 heteroatoms. The van der Waals surface area contributed by atoms with E-state index in [1.165, 1.54) is 5.56 Å². The molecule has 1 atom stereocenters. The van der Waals surface area contributed by atoms with Crippen molar-refractivity contribution in [3.8, 4) is 0 Å². The highest BCUT2D eigenvalue weighted by molar-refractivity contribution is 5.94. The number of amides is 1. The lowest BCUT2D eigenvalue weighted by molar-refractivity contribution is 0.0943. The molecule has 24 heavy (non-hydrogen) atoms. The largest absolute Gasteiger partial charge is 0.341 e. The Morgan fingerprint density at radius 3 is 2.38 bits per heavy atom. The van der Waals surface area contributed by atoms with Gasteiger partial charge in [-0.05, 0) is 43.2 Å². The second kappa shape index (κ2) is 7.09. The normalized spacial score (nSPS) is 11.8. The molecule has 1 N–H and O–H groups in total. The zero-order chi connectivity index (χ0) is 16.9. The third kappa shape index (κ3) is 3.69. The van der Waals surface area contributed by atoms with Crippen LogP contribution in [0.25, 0.3) is 0 Å². The second-order valence-electron chi connectivity index (χ2n) is 5.97. The van der Waals surface area contributed by atoms with Crippen LogP contribution >= 0.6 is 0 Å². The third-order valence-electron chi connectivity index (χ3n) is 3.98. The molecule has 1 aromatic heterocycles. The minimum absolute atomic E-state index is 0.0897. The molecule has 120 valence electrons. The minimum Gasteiger partial charge on any atom is -0.341 e. The quantitative estimate of drug-likeness (QED) is 0.783. The standard InChI is InChI=1S/C21H20N2O/c1-15-8-10-17(11-9-15)20(19-7-4-12-22-14-19)23-21(24)18-6-3-5-16(2)13-18/h3-14,20H,1-2H3,(H,23,24). The zero-order valence-electron chi connectivity index (χ0n) is 13.9. The number of rotatable bonds is 4. The van der Waals surface area contributed by atoms with E-state index < -0.39 is 0 Å². The first-order valence-corrected chi connectivity index (χ1v) is 7.97. The van der Waals surface area contributed by atoms with Gasteiger partial charge in [0.05, 0.1) is 6.04 Å². The van der Waals surface area contributed by atoms with Crippen molar-refractivity contribution in [2.24, 2.45) is 0 Å². The number of aromatic nitrogens is 1. The fourth-order valence-corrected chi connectivity index (χ4v) is 2.67. The Balaban J connectivity index is 1.93. The van der Waals surface area contributed by atoms with Gasteiger partial charge < -0.3 is 5.32 Å². The summed E-state index contributed by atoms with van der Waals surface area (Å²) in [7, 11) is 0. The van der Waals surface area contributed by atoms with E-state index in [4.69, 9.17) is 0 Å². The van der Waals surface area contributed by atoms with E-state index in [0.29, 0.717) is 5.56 Å². The first kappa shape index (κ1) is 15.9. The van der Waals surface area contributed by atoms with Crippen LogP contribution in [0.3, 0.4) is 0 Å². The maximum atomic E-state index is 12.7. The Bertz CT molecular complexity index is 826. The zero-order valence-corrected chi connectivity index (χ0v) is 13.9. The van der Waals surface area contributed by atoms with Gasteiger partial charge in [-0.3, -0.25) is 9.78 Å². The second-order valence-corrected chi connectivity index (χ2v) is 5.97. The van der Waals surface area contributed by atoms with Crippen LogP contribution < -0.4 is 5.32 Å². The van der Waals surface area contributed by atoms with Crippen molar-refractivity contribution in [2.45, 2.75) is 19.9 Å². The van der Waals surface area contributed by atoms with Gasteiger partial charge in [0.15, 0.2) is 0 Å². The molecular weight excluding hydrogens is 296 g/mol. The molecule has 3 aromatic rings. The lowest BCUT2D eigenvalue weighted by atomic mass is 9.98. The van der Waals surface area contributed by atoms with Crippen LogP contribution in [-0.4, -0.2) is 10.9 Å². The van der Waals surface area contributed by atoms with Gasteiger partial charge in [0.25, 0.3) is 5.91 Å².